The molecule has 2 heterocycles. The van der Waals surface area contributed by atoms with Crippen molar-refractivity contribution in [3.05, 3.63) is 87.6 Å². The first-order valence-corrected chi connectivity index (χ1v) is 10.4. The van der Waals surface area contributed by atoms with Crippen LogP contribution >= 0.6 is 11.8 Å². The second kappa shape index (κ2) is 8.17. The van der Waals surface area contributed by atoms with E-state index in [0.717, 1.165) is 34.4 Å². The molecule has 2 amide bonds. The summed E-state index contributed by atoms with van der Waals surface area (Å²) in [6.07, 6.45) is 1.74. The maximum Gasteiger partial charge on any atom is 0.293 e. The quantitative estimate of drug-likeness (QED) is 0.596. The molecule has 1 saturated heterocycles. The van der Waals surface area contributed by atoms with Crippen LogP contribution in [0.15, 0.2) is 59.5 Å². The summed E-state index contributed by atoms with van der Waals surface area (Å²) in [5.74, 6) is -0.171. The number of aromatic nitrogens is 1. The first-order valence-electron chi connectivity index (χ1n) is 9.60. The molecule has 154 valence electrons. The largest absolute Gasteiger partial charge is 0.508 e. The molecule has 7 heteroatoms. The van der Waals surface area contributed by atoms with Crippen molar-refractivity contribution < 1.29 is 14.7 Å². The van der Waals surface area contributed by atoms with Crippen molar-refractivity contribution in [3.63, 3.8) is 0 Å². The van der Waals surface area contributed by atoms with Gasteiger partial charge in [-0.1, -0.05) is 18.2 Å². The van der Waals surface area contributed by atoms with Crippen molar-refractivity contribution in [3.8, 4) is 17.5 Å². The van der Waals surface area contributed by atoms with E-state index in [2.05, 4.69) is 6.07 Å². The molecule has 0 bridgehead atoms. The summed E-state index contributed by atoms with van der Waals surface area (Å²) in [5.41, 5.74) is 4.71. The van der Waals surface area contributed by atoms with E-state index in [0.29, 0.717) is 16.0 Å². The minimum Gasteiger partial charge on any atom is -0.508 e. The molecule has 6 nitrogen and oxygen atoms in total. The van der Waals surface area contributed by atoms with E-state index in [1.165, 1.54) is 4.90 Å². The molecule has 4 rings (SSSR count). The third kappa shape index (κ3) is 3.86. The van der Waals surface area contributed by atoms with Crippen LogP contribution in [-0.4, -0.2) is 25.7 Å². The summed E-state index contributed by atoms with van der Waals surface area (Å²) in [7, 11) is 0. The zero-order chi connectivity index (χ0) is 22.1. The predicted molar refractivity (Wildman–Crippen MR) is 120 cm³/mol. The number of benzene rings is 2. The molecular formula is C24H19N3O3S. The van der Waals surface area contributed by atoms with Gasteiger partial charge in [-0.05, 0) is 79.2 Å². The van der Waals surface area contributed by atoms with E-state index in [4.69, 9.17) is 0 Å². The molecule has 1 aliphatic rings. The van der Waals surface area contributed by atoms with Crippen molar-refractivity contribution in [2.24, 2.45) is 0 Å². The lowest BCUT2D eigenvalue weighted by atomic mass is 10.1. The number of phenolic OH excluding ortho intramolecular Hbond substituents is 1. The number of amides is 2. The smallest absolute Gasteiger partial charge is 0.293 e. The van der Waals surface area contributed by atoms with Crippen LogP contribution < -0.4 is 0 Å². The van der Waals surface area contributed by atoms with Crippen LogP contribution in [0.1, 0.15) is 28.1 Å². The van der Waals surface area contributed by atoms with Crippen LogP contribution in [0.3, 0.4) is 0 Å². The SMILES string of the molecule is Cc1cc(C=C2SC(=O)N(Cc3ccccc3C#N)C2=O)c(C)n1-c1ccc(O)cc1. The van der Waals surface area contributed by atoms with Crippen LogP contribution in [0.2, 0.25) is 0 Å². The van der Waals surface area contributed by atoms with Crippen molar-refractivity contribution in [1.29, 1.82) is 5.26 Å². The minimum atomic E-state index is -0.364. The second-order valence-corrected chi connectivity index (χ2v) is 8.21. The van der Waals surface area contributed by atoms with E-state index in [-0.39, 0.29) is 23.4 Å². The highest BCUT2D eigenvalue weighted by Crippen LogP contribution is 2.35. The van der Waals surface area contributed by atoms with Crippen LogP contribution in [0, 0.1) is 25.2 Å². The third-order valence-corrected chi connectivity index (χ3v) is 6.11. The van der Waals surface area contributed by atoms with Crippen molar-refractivity contribution in [1.82, 2.24) is 9.47 Å². The fourth-order valence-electron chi connectivity index (χ4n) is 3.65. The van der Waals surface area contributed by atoms with Gasteiger partial charge in [0.15, 0.2) is 0 Å². The Morgan fingerprint density at radius 2 is 1.81 bits per heavy atom. The molecular weight excluding hydrogens is 410 g/mol. The van der Waals surface area contributed by atoms with Crippen molar-refractivity contribution in [2.75, 3.05) is 0 Å². The van der Waals surface area contributed by atoms with Gasteiger partial charge in [-0.2, -0.15) is 5.26 Å². The maximum atomic E-state index is 12.9. The Balaban J connectivity index is 1.64. The predicted octanol–water partition coefficient (Wildman–Crippen LogP) is 4.91. The van der Waals surface area contributed by atoms with Gasteiger partial charge in [-0.3, -0.25) is 14.5 Å². The standard InChI is InChI=1S/C24H19N3O3S/c1-15-11-19(16(2)27(15)20-7-9-21(28)10-8-20)12-22-23(29)26(24(30)31-22)14-18-6-4-3-5-17(18)13-25/h3-12,28H,14H2,1-2H3. The number of carbonyl (C=O) groups is 2. The lowest BCUT2D eigenvalue weighted by molar-refractivity contribution is -0.123. The number of hydrogen-bond donors (Lipinski definition) is 1. The van der Waals surface area contributed by atoms with Crippen LogP contribution in [-0.2, 0) is 11.3 Å². The highest BCUT2D eigenvalue weighted by Gasteiger charge is 2.35. The summed E-state index contributed by atoms with van der Waals surface area (Å²) < 4.78 is 2.03. The van der Waals surface area contributed by atoms with Gasteiger partial charge < -0.3 is 9.67 Å². The summed E-state index contributed by atoms with van der Waals surface area (Å²) in [4.78, 5) is 27.0. The van der Waals surface area contributed by atoms with Gasteiger partial charge in [0.25, 0.3) is 11.1 Å². The molecule has 0 spiro atoms. The molecule has 1 aromatic heterocycles. The molecule has 1 fully saturated rings. The van der Waals surface area contributed by atoms with E-state index in [1.54, 1.807) is 42.5 Å². The van der Waals surface area contributed by atoms with E-state index >= 15 is 0 Å². The maximum absolute atomic E-state index is 12.9. The number of imide groups is 1. The Morgan fingerprint density at radius 3 is 2.52 bits per heavy atom. The molecule has 0 aliphatic carbocycles. The highest BCUT2D eigenvalue weighted by molar-refractivity contribution is 8.18. The number of carbonyl (C=O) groups excluding carboxylic acids is 2. The molecule has 0 unspecified atom stereocenters. The van der Waals surface area contributed by atoms with Crippen LogP contribution in [0.5, 0.6) is 5.75 Å². The lowest BCUT2D eigenvalue weighted by Gasteiger charge is -2.13. The Hall–Kier alpha value is -3.76. The number of phenols is 1. The zero-order valence-corrected chi connectivity index (χ0v) is 17.8. The van der Waals surface area contributed by atoms with Gasteiger partial charge in [0.05, 0.1) is 23.1 Å². The fraction of sp³-hybridized carbons (Fsp3) is 0.125. The average molecular weight is 430 g/mol. The number of aryl methyl sites for hydroxylation is 1. The first kappa shape index (κ1) is 20.5. The Bertz CT molecular complexity index is 1270. The Labute approximate surface area is 184 Å². The Kier molecular flexibility index (Phi) is 5.40. The molecule has 0 saturated carbocycles. The number of hydrogen-bond acceptors (Lipinski definition) is 5. The Morgan fingerprint density at radius 1 is 1.10 bits per heavy atom. The van der Waals surface area contributed by atoms with Gasteiger partial charge in [-0.15, -0.1) is 0 Å². The third-order valence-electron chi connectivity index (χ3n) is 5.20. The fourth-order valence-corrected chi connectivity index (χ4v) is 4.48. The monoisotopic (exact) mass is 429 g/mol. The molecule has 1 aliphatic heterocycles. The molecule has 0 atom stereocenters. The summed E-state index contributed by atoms with van der Waals surface area (Å²) >= 11 is 0.904. The number of rotatable bonds is 4. The summed E-state index contributed by atoms with van der Waals surface area (Å²) in [6, 6.07) is 17.9. The van der Waals surface area contributed by atoms with Gasteiger partial charge in [0.1, 0.15) is 5.75 Å². The number of nitrogens with zero attached hydrogens (tertiary/aromatic N) is 3. The van der Waals surface area contributed by atoms with Gasteiger partial charge in [-0.25, -0.2) is 0 Å². The molecule has 2 aromatic carbocycles. The van der Waals surface area contributed by atoms with E-state index < -0.39 is 0 Å². The number of thioether (sulfide) groups is 1. The van der Waals surface area contributed by atoms with Crippen LogP contribution in [0.25, 0.3) is 11.8 Å². The lowest BCUT2D eigenvalue weighted by Crippen LogP contribution is -2.27. The molecule has 0 radical (unpaired) electrons. The van der Waals surface area contributed by atoms with Crippen molar-refractivity contribution in [2.45, 2.75) is 20.4 Å². The molecule has 3 aromatic rings. The average Bonchev–Trinajstić information content (AvgIpc) is 3.18. The van der Waals surface area contributed by atoms with Gasteiger partial charge in [0.2, 0.25) is 0 Å². The summed E-state index contributed by atoms with van der Waals surface area (Å²) in [6.45, 7) is 3.97. The number of nitriles is 1. The van der Waals surface area contributed by atoms with E-state index in [1.807, 2.05) is 36.6 Å². The number of aromatic hydroxyl groups is 1. The topological polar surface area (TPSA) is 86.3 Å². The summed E-state index contributed by atoms with van der Waals surface area (Å²) in [5, 5.41) is 18.5. The van der Waals surface area contributed by atoms with E-state index in [9.17, 15) is 20.0 Å². The van der Waals surface area contributed by atoms with Crippen molar-refractivity contribution >= 4 is 29.0 Å². The zero-order valence-electron chi connectivity index (χ0n) is 17.0. The molecule has 1 N–H and O–H groups in total. The second-order valence-electron chi connectivity index (χ2n) is 7.22. The van der Waals surface area contributed by atoms with Gasteiger partial charge >= 0.3 is 0 Å². The minimum absolute atomic E-state index is 0.0677. The van der Waals surface area contributed by atoms with Gasteiger partial charge in [0, 0.05) is 17.1 Å². The normalized spacial score (nSPS) is 15.0. The molecule has 31 heavy (non-hydrogen) atoms. The first-order chi connectivity index (χ1) is 14.9. The van der Waals surface area contributed by atoms with Crippen LogP contribution in [0.4, 0.5) is 4.79 Å². The highest BCUT2D eigenvalue weighted by atomic mass is 32.2.